The third-order valence-electron chi connectivity index (χ3n) is 5.93. The number of carbonyl (C=O) groups is 3. The molecule has 2 fully saturated rings. The zero-order chi connectivity index (χ0) is 24.1. The van der Waals surface area contributed by atoms with Crippen LogP contribution in [0.3, 0.4) is 0 Å². The number of hydrogen-bond acceptors (Lipinski definition) is 6. The first kappa shape index (κ1) is 24.2. The lowest BCUT2D eigenvalue weighted by Crippen LogP contribution is -2.35. The number of imide groups is 1. The first-order valence-electron chi connectivity index (χ1n) is 11.3. The monoisotopic (exact) mass is 494 g/mol. The van der Waals surface area contributed by atoms with Gasteiger partial charge >= 0.3 is 0 Å². The highest BCUT2D eigenvalue weighted by Gasteiger charge is 2.41. The number of carbonyl (C=O) groups excluding carboxylic acids is 3. The number of ketones is 1. The molecule has 0 aliphatic carbocycles. The number of hydrogen-bond donors (Lipinski definition) is 0. The van der Waals surface area contributed by atoms with Crippen LogP contribution in [0, 0.1) is 0 Å². The highest BCUT2D eigenvalue weighted by atomic mass is 32.2. The molecule has 8 heteroatoms. The number of piperidine rings is 1. The maximum atomic E-state index is 13.0. The molecular formula is C26H26N2O4S2. The number of para-hydroxylation sites is 1. The number of ether oxygens (including phenoxy) is 1. The molecule has 1 atom stereocenters. The number of anilines is 1. The molecule has 0 radical (unpaired) electrons. The number of rotatable bonds is 6. The van der Waals surface area contributed by atoms with Crippen molar-refractivity contribution in [3.63, 3.8) is 0 Å². The Morgan fingerprint density at radius 1 is 1.06 bits per heavy atom. The molecule has 6 nitrogen and oxygen atoms in total. The van der Waals surface area contributed by atoms with E-state index in [2.05, 4.69) is 4.90 Å². The van der Waals surface area contributed by atoms with E-state index in [1.165, 1.54) is 29.2 Å². The average molecular weight is 495 g/mol. The quantitative estimate of drug-likeness (QED) is 0.249. The van der Waals surface area contributed by atoms with E-state index in [1.807, 2.05) is 24.3 Å². The number of benzene rings is 2. The summed E-state index contributed by atoms with van der Waals surface area (Å²) in [7, 11) is 1.58. The van der Waals surface area contributed by atoms with Gasteiger partial charge in [-0.15, -0.1) is 0 Å². The number of amides is 2. The van der Waals surface area contributed by atoms with Crippen LogP contribution in [0.25, 0.3) is 6.08 Å². The number of thioether (sulfide) groups is 1. The molecule has 2 heterocycles. The van der Waals surface area contributed by atoms with Gasteiger partial charge in [0.25, 0.3) is 0 Å². The Hall–Kier alpha value is -2.97. The van der Waals surface area contributed by atoms with Gasteiger partial charge in [0.2, 0.25) is 11.8 Å². The normalized spacial score (nSPS) is 18.6. The van der Waals surface area contributed by atoms with Crippen molar-refractivity contribution in [3.05, 3.63) is 65.7 Å². The number of methoxy groups -OCH3 is 1. The van der Waals surface area contributed by atoms with E-state index in [0.29, 0.717) is 21.3 Å². The Balaban J connectivity index is 1.41. The Kier molecular flexibility index (Phi) is 7.80. The van der Waals surface area contributed by atoms with Gasteiger partial charge in [0.05, 0.1) is 12.8 Å². The van der Waals surface area contributed by atoms with Crippen LogP contribution in [0.15, 0.2) is 54.6 Å². The van der Waals surface area contributed by atoms with E-state index in [-0.39, 0.29) is 24.0 Å². The van der Waals surface area contributed by atoms with Gasteiger partial charge in [-0.3, -0.25) is 14.4 Å². The van der Waals surface area contributed by atoms with Crippen molar-refractivity contribution in [1.82, 2.24) is 4.90 Å². The highest BCUT2D eigenvalue weighted by molar-refractivity contribution is 8.23. The maximum Gasteiger partial charge on any atom is 0.247 e. The maximum absolute atomic E-state index is 13.0. The van der Waals surface area contributed by atoms with Crippen molar-refractivity contribution in [2.45, 2.75) is 30.9 Å². The molecule has 2 aromatic rings. The lowest BCUT2D eigenvalue weighted by molar-refractivity contribution is -0.121. The summed E-state index contributed by atoms with van der Waals surface area (Å²) in [5.41, 5.74) is 1.73. The molecule has 34 heavy (non-hydrogen) atoms. The van der Waals surface area contributed by atoms with E-state index < -0.39 is 5.25 Å². The molecule has 1 unspecified atom stereocenters. The molecule has 2 saturated heterocycles. The number of likely N-dealkylation sites (tertiary alicyclic amines) is 1. The third-order valence-corrected chi connectivity index (χ3v) is 7.59. The Labute approximate surface area is 208 Å². The van der Waals surface area contributed by atoms with Gasteiger partial charge in [0, 0.05) is 30.6 Å². The Bertz CT molecular complexity index is 1120. The van der Waals surface area contributed by atoms with Gasteiger partial charge < -0.3 is 9.64 Å². The first-order valence-corrected chi connectivity index (χ1v) is 12.5. The average Bonchev–Trinajstić information content (AvgIpc) is 3.15. The zero-order valence-electron chi connectivity index (χ0n) is 18.9. The minimum Gasteiger partial charge on any atom is -0.496 e. The predicted octanol–water partition coefficient (Wildman–Crippen LogP) is 4.73. The second kappa shape index (κ2) is 11.0. The molecule has 2 aliphatic rings. The molecule has 0 bridgehead atoms. The molecule has 4 rings (SSSR count). The molecule has 176 valence electrons. The molecule has 0 spiro atoms. The van der Waals surface area contributed by atoms with Crippen LogP contribution >= 0.6 is 24.0 Å². The summed E-state index contributed by atoms with van der Waals surface area (Å²) in [6.45, 7) is 1.82. The van der Waals surface area contributed by atoms with Crippen LogP contribution in [-0.2, 0) is 9.59 Å². The lowest BCUT2D eigenvalue weighted by Gasteiger charge is -2.29. The fourth-order valence-electron chi connectivity index (χ4n) is 4.08. The summed E-state index contributed by atoms with van der Waals surface area (Å²) in [5, 5.41) is -0.507. The summed E-state index contributed by atoms with van der Waals surface area (Å²) in [4.78, 5) is 41.6. The lowest BCUT2D eigenvalue weighted by atomic mass is 10.1. The Morgan fingerprint density at radius 3 is 2.47 bits per heavy atom. The minimum atomic E-state index is -0.507. The zero-order valence-corrected chi connectivity index (χ0v) is 20.6. The van der Waals surface area contributed by atoms with Crippen LogP contribution in [-0.4, -0.2) is 52.3 Å². The summed E-state index contributed by atoms with van der Waals surface area (Å²) in [6, 6.07) is 14.0. The highest BCUT2D eigenvalue weighted by Crippen LogP contribution is 2.32. The summed E-state index contributed by atoms with van der Waals surface area (Å²) >= 11 is 6.85. The van der Waals surface area contributed by atoms with E-state index >= 15 is 0 Å². The third kappa shape index (κ3) is 5.39. The molecular weight excluding hydrogens is 468 g/mol. The van der Waals surface area contributed by atoms with E-state index in [1.54, 1.807) is 37.5 Å². The predicted molar refractivity (Wildman–Crippen MR) is 139 cm³/mol. The minimum absolute atomic E-state index is 0.125. The number of allylic oxidation sites excluding steroid dienone is 1. The number of nitrogens with zero attached hydrogens (tertiary/aromatic N) is 2. The first-order chi connectivity index (χ1) is 16.5. The second-order valence-electron chi connectivity index (χ2n) is 8.18. The van der Waals surface area contributed by atoms with Crippen molar-refractivity contribution in [2.75, 3.05) is 25.1 Å². The van der Waals surface area contributed by atoms with Gasteiger partial charge in [-0.05, 0) is 61.7 Å². The van der Waals surface area contributed by atoms with Crippen molar-refractivity contribution in [2.24, 2.45) is 0 Å². The van der Waals surface area contributed by atoms with Gasteiger partial charge in [0.1, 0.15) is 15.3 Å². The largest absolute Gasteiger partial charge is 0.496 e. The smallest absolute Gasteiger partial charge is 0.247 e. The van der Waals surface area contributed by atoms with Crippen molar-refractivity contribution >= 4 is 57.7 Å². The van der Waals surface area contributed by atoms with E-state index in [9.17, 15) is 14.4 Å². The van der Waals surface area contributed by atoms with E-state index in [4.69, 9.17) is 17.0 Å². The van der Waals surface area contributed by atoms with Crippen LogP contribution in [0.4, 0.5) is 5.69 Å². The van der Waals surface area contributed by atoms with Gasteiger partial charge in [0.15, 0.2) is 5.78 Å². The summed E-state index contributed by atoms with van der Waals surface area (Å²) in [5.74, 6) is -0.0133. The molecule has 2 aliphatic heterocycles. The summed E-state index contributed by atoms with van der Waals surface area (Å²) in [6.07, 6.45) is 6.71. The van der Waals surface area contributed by atoms with Crippen LogP contribution < -0.4 is 9.64 Å². The molecule has 0 N–H and O–H groups in total. The molecule has 0 aromatic heterocycles. The molecule has 2 amide bonds. The van der Waals surface area contributed by atoms with Gasteiger partial charge in [-0.25, -0.2) is 4.90 Å². The van der Waals surface area contributed by atoms with E-state index in [0.717, 1.165) is 31.5 Å². The topological polar surface area (TPSA) is 66.9 Å². The van der Waals surface area contributed by atoms with Crippen LogP contribution in [0.2, 0.25) is 0 Å². The fourth-order valence-corrected chi connectivity index (χ4v) is 5.62. The number of thiocarbonyl (C=S) groups is 1. The SMILES string of the molecule is COc1ccccc1C=CC(=O)c1ccc(N2C(=O)CC(SC(=S)N3CCCCC3)C2=O)cc1. The van der Waals surface area contributed by atoms with Gasteiger partial charge in [-0.1, -0.05) is 42.2 Å². The Morgan fingerprint density at radius 2 is 1.76 bits per heavy atom. The van der Waals surface area contributed by atoms with Crippen LogP contribution in [0.1, 0.15) is 41.6 Å². The van der Waals surface area contributed by atoms with Crippen LogP contribution in [0.5, 0.6) is 5.75 Å². The fraction of sp³-hybridized carbons (Fsp3) is 0.308. The molecule has 0 saturated carbocycles. The standard InChI is InChI=1S/C26H26N2O4S2/c1-32-22-8-4-3-7-19(22)11-14-21(29)18-9-12-20(13-10-18)28-24(30)17-23(25(28)31)34-26(33)27-15-5-2-6-16-27/h3-4,7-14,23H,2,5-6,15-17H2,1H3. The van der Waals surface area contributed by atoms with Crippen molar-refractivity contribution in [3.8, 4) is 5.75 Å². The van der Waals surface area contributed by atoms with Gasteiger partial charge in [-0.2, -0.15) is 0 Å². The van der Waals surface area contributed by atoms with Crippen molar-refractivity contribution < 1.29 is 19.1 Å². The molecule has 2 aromatic carbocycles. The second-order valence-corrected chi connectivity index (χ2v) is 10.0. The van der Waals surface area contributed by atoms with Crippen molar-refractivity contribution in [1.29, 1.82) is 0 Å². The summed E-state index contributed by atoms with van der Waals surface area (Å²) < 4.78 is 5.99.